The predicted molar refractivity (Wildman–Crippen MR) is 76.2 cm³/mol. The maximum absolute atomic E-state index is 11.8. The van der Waals surface area contributed by atoms with Crippen LogP contribution in [0.4, 0.5) is 0 Å². The van der Waals surface area contributed by atoms with Gasteiger partial charge < -0.3 is 5.11 Å². The van der Waals surface area contributed by atoms with Crippen molar-refractivity contribution in [3.8, 4) is 0 Å². The van der Waals surface area contributed by atoms with Crippen LogP contribution in [0.2, 0.25) is 0 Å². The second-order valence-electron chi connectivity index (χ2n) is 3.78. The highest BCUT2D eigenvalue weighted by Crippen LogP contribution is 2.44. The van der Waals surface area contributed by atoms with Crippen molar-refractivity contribution >= 4 is 41.7 Å². The molecule has 0 aliphatic heterocycles. The van der Waals surface area contributed by atoms with Crippen LogP contribution in [0, 0.1) is 6.92 Å². The van der Waals surface area contributed by atoms with E-state index in [2.05, 4.69) is 31.9 Å². The van der Waals surface area contributed by atoms with Crippen molar-refractivity contribution in [2.45, 2.75) is 22.5 Å². The Morgan fingerprint density at radius 2 is 1.76 bits per heavy atom. The zero-order chi connectivity index (χ0) is 13.3. The molecule has 0 aliphatic rings. The van der Waals surface area contributed by atoms with Crippen molar-refractivity contribution in [3.05, 3.63) is 35.4 Å². The van der Waals surface area contributed by atoms with E-state index >= 15 is 0 Å². The minimum atomic E-state index is -3.47. The summed E-state index contributed by atoms with van der Waals surface area (Å²) in [5.41, 5.74) is 1.59. The summed E-state index contributed by atoms with van der Waals surface area (Å²) >= 11 is 6.13. The topological polar surface area (TPSA) is 54.4 Å². The summed E-state index contributed by atoms with van der Waals surface area (Å²) in [6.45, 7) is 3.46. The minimum absolute atomic E-state index is 0.0631. The zero-order valence-corrected chi connectivity index (χ0v) is 13.5. The molecule has 0 amide bonds. The number of aliphatic hydroxyl groups excluding tert-OH is 1. The van der Waals surface area contributed by atoms with Gasteiger partial charge in [-0.2, -0.15) is 0 Å². The van der Waals surface area contributed by atoms with E-state index in [0.717, 1.165) is 5.56 Å². The molecule has 0 spiro atoms. The normalized spacial score (nSPS) is 14.6. The molecule has 0 unspecified atom stereocenters. The Hall–Kier alpha value is 0.0900. The van der Waals surface area contributed by atoms with Gasteiger partial charge in [-0.05, 0) is 12.5 Å². The second-order valence-corrected chi connectivity index (χ2v) is 10.8. The number of aryl methyl sites for hydroxylation is 1. The third-order valence-electron chi connectivity index (χ3n) is 2.51. The standard InChI is InChI=1S/C11H14Br2O3S/c1-3-17(15,16)11(12,13)10(14)9-6-4-8(2)5-7-9/h4-7,10,14H,3H2,1-2H3/t10-/m1/s1. The minimum Gasteiger partial charge on any atom is -0.385 e. The van der Waals surface area contributed by atoms with Crippen molar-refractivity contribution in [1.82, 2.24) is 0 Å². The van der Waals surface area contributed by atoms with Gasteiger partial charge >= 0.3 is 0 Å². The summed E-state index contributed by atoms with van der Waals surface area (Å²) in [5.74, 6) is -0.0631. The molecule has 17 heavy (non-hydrogen) atoms. The molecule has 0 saturated heterocycles. The Morgan fingerprint density at radius 3 is 2.18 bits per heavy atom. The second kappa shape index (κ2) is 5.38. The number of alkyl halides is 2. The summed E-state index contributed by atoms with van der Waals surface area (Å²) in [7, 11) is -3.47. The Kier molecular flexibility index (Phi) is 4.80. The highest BCUT2D eigenvalue weighted by atomic mass is 79.9. The smallest absolute Gasteiger partial charge is 0.210 e. The average molecular weight is 386 g/mol. The van der Waals surface area contributed by atoms with E-state index in [1.807, 2.05) is 19.1 Å². The molecule has 0 saturated carbocycles. The molecule has 0 aromatic heterocycles. The van der Waals surface area contributed by atoms with Crippen molar-refractivity contribution in [2.75, 3.05) is 5.75 Å². The lowest BCUT2D eigenvalue weighted by atomic mass is 10.1. The Labute approximate surface area is 118 Å². The molecular formula is C11H14Br2O3S. The molecule has 0 aliphatic carbocycles. The molecule has 96 valence electrons. The van der Waals surface area contributed by atoms with E-state index in [9.17, 15) is 13.5 Å². The molecule has 3 nitrogen and oxygen atoms in total. The van der Waals surface area contributed by atoms with Crippen LogP contribution < -0.4 is 0 Å². The molecule has 1 rings (SSSR count). The van der Waals surface area contributed by atoms with Gasteiger partial charge in [0.15, 0.2) is 9.84 Å². The lowest BCUT2D eigenvalue weighted by Gasteiger charge is -2.26. The quantitative estimate of drug-likeness (QED) is 0.810. The Balaban J connectivity index is 3.12. The fourth-order valence-electron chi connectivity index (χ4n) is 1.31. The number of sulfone groups is 1. The van der Waals surface area contributed by atoms with E-state index in [1.165, 1.54) is 6.92 Å². The van der Waals surface area contributed by atoms with Gasteiger partial charge in [0.2, 0.25) is 2.57 Å². The molecule has 1 aromatic carbocycles. The lowest BCUT2D eigenvalue weighted by molar-refractivity contribution is 0.189. The van der Waals surface area contributed by atoms with Crippen LogP contribution in [-0.2, 0) is 9.84 Å². The number of hydrogen-bond donors (Lipinski definition) is 1. The third-order valence-corrected chi connectivity index (χ3v) is 8.15. The monoisotopic (exact) mass is 384 g/mol. The first-order valence-corrected chi connectivity index (χ1v) is 8.31. The van der Waals surface area contributed by atoms with Crippen LogP contribution in [0.15, 0.2) is 24.3 Å². The molecule has 0 heterocycles. The molecule has 6 heteroatoms. The van der Waals surface area contributed by atoms with Gasteiger partial charge in [0.05, 0.1) is 0 Å². The number of halogens is 2. The van der Waals surface area contributed by atoms with E-state index in [1.54, 1.807) is 12.1 Å². The highest BCUT2D eigenvalue weighted by molar-refractivity contribution is 9.28. The van der Waals surface area contributed by atoms with E-state index < -0.39 is 18.5 Å². The van der Waals surface area contributed by atoms with Crippen LogP contribution in [0.25, 0.3) is 0 Å². The molecule has 1 atom stereocenters. The molecular weight excluding hydrogens is 372 g/mol. The van der Waals surface area contributed by atoms with Crippen molar-refractivity contribution < 1.29 is 13.5 Å². The number of aliphatic hydroxyl groups is 1. The molecule has 1 aromatic rings. The number of hydrogen-bond acceptors (Lipinski definition) is 3. The molecule has 1 N–H and O–H groups in total. The Morgan fingerprint density at radius 1 is 1.29 bits per heavy atom. The molecule has 0 radical (unpaired) electrons. The first-order valence-electron chi connectivity index (χ1n) is 5.07. The lowest BCUT2D eigenvalue weighted by Crippen LogP contribution is -2.33. The SMILES string of the molecule is CCS(=O)(=O)C(Br)(Br)[C@H](O)c1ccc(C)cc1. The van der Waals surface area contributed by atoms with Crippen LogP contribution in [0.1, 0.15) is 24.2 Å². The van der Waals surface area contributed by atoms with Crippen LogP contribution >= 0.6 is 31.9 Å². The van der Waals surface area contributed by atoms with Crippen LogP contribution in [0.5, 0.6) is 0 Å². The van der Waals surface area contributed by atoms with Crippen molar-refractivity contribution in [1.29, 1.82) is 0 Å². The zero-order valence-electron chi connectivity index (χ0n) is 9.52. The summed E-state index contributed by atoms with van der Waals surface area (Å²) in [4.78, 5) is 0. The highest BCUT2D eigenvalue weighted by Gasteiger charge is 2.45. The maximum atomic E-state index is 11.8. The van der Waals surface area contributed by atoms with Gasteiger partial charge in [-0.3, -0.25) is 0 Å². The fourth-order valence-corrected chi connectivity index (χ4v) is 4.07. The van der Waals surface area contributed by atoms with Crippen LogP contribution in [0.3, 0.4) is 0 Å². The van der Waals surface area contributed by atoms with Gasteiger partial charge in [0.1, 0.15) is 6.10 Å². The first-order chi connectivity index (χ1) is 7.72. The summed E-state index contributed by atoms with van der Waals surface area (Å²) in [6.07, 6.45) is -1.17. The van der Waals surface area contributed by atoms with Crippen molar-refractivity contribution in [2.24, 2.45) is 0 Å². The average Bonchev–Trinajstić information content (AvgIpc) is 2.28. The van der Waals surface area contributed by atoms with Crippen LogP contribution in [-0.4, -0.2) is 21.8 Å². The van der Waals surface area contributed by atoms with E-state index in [4.69, 9.17) is 0 Å². The first kappa shape index (κ1) is 15.1. The molecule has 0 bridgehead atoms. The Bertz CT molecular complexity index is 480. The summed E-state index contributed by atoms with van der Waals surface area (Å²) < 4.78 is 22.2. The summed E-state index contributed by atoms with van der Waals surface area (Å²) in [6, 6.07) is 7.07. The van der Waals surface area contributed by atoms with Gasteiger partial charge in [0.25, 0.3) is 0 Å². The van der Waals surface area contributed by atoms with Crippen molar-refractivity contribution in [3.63, 3.8) is 0 Å². The fraction of sp³-hybridized carbons (Fsp3) is 0.455. The van der Waals surface area contributed by atoms with Gasteiger partial charge in [0, 0.05) is 5.75 Å². The van der Waals surface area contributed by atoms with Gasteiger partial charge in [-0.25, -0.2) is 8.42 Å². The van der Waals surface area contributed by atoms with E-state index in [-0.39, 0.29) is 5.75 Å². The predicted octanol–water partition coefficient (Wildman–Crippen LogP) is 2.91. The van der Waals surface area contributed by atoms with Gasteiger partial charge in [-0.15, -0.1) is 0 Å². The third kappa shape index (κ3) is 3.10. The number of benzene rings is 1. The molecule has 0 fully saturated rings. The summed E-state index contributed by atoms with van der Waals surface area (Å²) in [5, 5.41) is 10.1. The van der Waals surface area contributed by atoms with Gasteiger partial charge in [-0.1, -0.05) is 68.6 Å². The largest absolute Gasteiger partial charge is 0.385 e. The number of rotatable bonds is 4. The maximum Gasteiger partial charge on any atom is 0.210 e. The van der Waals surface area contributed by atoms with E-state index in [0.29, 0.717) is 5.56 Å².